The first kappa shape index (κ1) is 9.51. The van der Waals surface area contributed by atoms with Crippen LogP contribution in [0.3, 0.4) is 0 Å². The summed E-state index contributed by atoms with van der Waals surface area (Å²) in [5, 5.41) is 3.11. The summed E-state index contributed by atoms with van der Waals surface area (Å²) in [7, 11) is 0. The van der Waals surface area contributed by atoms with Crippen LogP contribution in [0.2, 0.25) is 0 Å². The highest BCUT2D eigenvalue weighted by Crippen LogP contribution is 2.04. The molecule has 1 heterocycles. The van der Waals surface area contributed by atoms with Crippen molar-refractivity contribution in [3.05, 3.63) is 24.0 Å². The molecule has 3 N–H and O–H groups in total. The van der Waals surface area contributed by atoms with Gasteiger partial charge in [0.05, 0.1) is 0 Å². The van der Waals surface area contributed by atoms with Gasteiger partial charge in [0, 0.05) is 12.6 Å². The zero-order valence-electron chi connectivity index (χ0n) is 7.91. The van der Waals surface area contributed by atoms with Gasteiger partial charge in [-0.05, 0) is 13.8 Å². The van der Waals surface area contributed by atoms with Crippen molar-refractivity contribution < 1.29 is 0 Å². The molecule has 1 rings (SSSR count). The average molecular weight is 178 g/mol. The van der Waals surface area contributed by atoms with E-state index in [2.05, 4.69) is 35.2 Å². The molecule has 0 unspecified atom stereocenters. The number of nitrogens with two attached hydrogens (primary N) is 1. The maximum atomic E-state index is 5.48. The zero-order chi connectivity index (χ0) is 9.68. The number of hydrogen-bond acceptors (Lipinski definition) is 4. The summed E-state index contributed by atoms with van der Waals surface area (Å²) in [5.41, 5.74) is 6.76. The van der Waals surface area contributed by atoms with Gasteiger partial charge in [-0.15, -0.1) is 0 Å². The third kappa shape index (κ3) is 3.55. The van der Waals surface area contributed by atoms with E-state index >= 15 is 0 Å². The van der Waals surface area contributed by atoms with Crippen molar-refractivity contribution >= 4 is 11.6 Å². The maximum Gasteiger partial charge on any atom is 0.131 e. The molecule has 13 heavy (non-hydrogen) atoms. The molecule has 0 aliphatic heterocycles. The lowest BCUT2D eigenvalue weighted by Crippen LogP contribution is -2.02. The van der Waals surface area contributed by atoms with Crippen LogP contribution >= 0.6 is 0 Å². The monoisotopic (exact) mass is 178 g/mol. The molecule has 1 aromatic heterocycles. The van der Waals surface area contributed by atoms with Gasteiger partial charge in [0.2, 0.25) is 0 Å². The molecule has 4 heteroatoms. The molecule has 0 aliphatic carbocycles. The van der Waals surface area contributed by atoms with Gasteiger partial charge >= 0.3 is 0 Å². The standard InChI is InChI=1S/C9H14N4/c1-7(2)3-4-11-9-5-8(10)12-6-13-9/h3,5-6H,4H2,1-2H3,(H3,10,11,12,13). The zero-order valence-corrected chi connectivity index (χ0v) is 7.91. The van der Waals surface area contributed by atoms with Crippen LogP contribution in [0, 0.1) is 0 Å². The largest absolute Gasteiger partial charge is 0.384 e. The molecule has 0 aromatic carbocycles. The van der Waals surface area contributed by atoms with Gasteiger partial charge < -0.3 is 11.1 Å². The third-order valence-corrected chi connectivity index (χ3v) is 1.48. The molecule has 0 radical (unpaired) electrons. The van der Waals surface area contributed by atoms with E-state index in [1.54, 1.807) is 6.07 Å². The van der Waals surface area contributed by atoms with Gasteiger partial charge in [-0.3, -0.25) is 0 Å². The highest BCUT2D eigenvalue weighted by Gasteiger charge is 1.91. The second-order valence-electron chi connectivity index (χ2n) is 2.99. The van der Waals surface area contributed by atoms with Crippen LogP contribution in [-0.4, -0.2) is 16.5 Å². The fraction of sp³-hybridized carbons (Fsp3) is 0.333. The number of anilines is 2. The number of nitrogen functional groups attached to an aromatic ring is 1. The van der Waals surface area contributed by atoms with E-state index in [0.29, 0.717) is 5.82 Å². The van der Waals surface area contributed by atoms with Crippen LogP contribution in [0.1, 0.15) is 13.8 Å². The number of nitrogens with one attached hydrogen (secondary N) is 1. The molecule has 4 nitrogen and oxygen atoms in total. The van der Waals surface area contributed by atoms with E-state index in [1.165, 1.54) is 11.9 Å². The summed E-state index contributed by atoms with van der Waals surface area (Å²) in [5.74, 6) is 1.24. The quantitative estimate of drug-likeness (QED) is 0.687. The molecule has 1 aromatic rings. The Morgan fingerprint density at radius 1 is 1.54 bits per heavy atom. The van der Waals surface area contributed by atoms with Gasteiger partial charge in [-0.2, -0.15) is 0 Å². The normalized spacial score (nSPS) is 9.38. The first-order valence-electron chi connectivity index (χ1n) is 4.13. The molecule has 70 valence electrons. The SMILES string of the molecule is CC(C)=CCNc1cc(N)ncn1. The first-order valence-corrected chi connectivity index (χ1v) is 4.13. The highest BCUT2D eigenvalue weighted by atomic mass is 15.0. The Bertz CT molecular complexity index is 302. The number of allylic oxidation sites excluding steroid dienone is 1. The summed E-state index contributed by atoms with van der Waals surface area (Å²) < 4.78 is 0. The average Bonchev–Trinajstić information content (AvgIpc) is 2.03. The maximum absolute atomic E-state index is 5.48. The fourth-order valence-corrected chi connectivity index (χ4v) is 0.829. The molecule has 0 saturated carbocycles. The van der Waals surface area contributed by atoms with E-state index in [-0.39, 0.29) is 0 Å². The Labute approximate surface area is 77.9 Å². The van der Waals surface area contributed by atoms with E-state index < -0.39 is 0 Å². The summed E-state index contributed by atoms with van der Waals surface area (Å²) >= 11 is 0. The van der Waals surface area contributed by atoms with Crippen LogP contribution in [-0.2, 0) is 0 Å². The number of aromatic nitrogens is 2. The molecule has 0 saturated heterocycles. The van der Waals surface area contributed by atoms with E-state index in [9.17, 15) is 0 Å². The summed E-state index contributed by atoms with van der Waals surface area (Å²) in [6, 6.07) is 1.71. The van der Waals surface area contributed by atoms with Crippen molar-refractivity contribution in [2.45, 2.75) is 13.8 Å². The molecular weight excluding hydrogens is 164 g/mol. The van der Waals surface area contributed by atoms with Gasteiger partial charge in [-0.1, -0.05) is 11.6 Å². The Balaban J connectivity index is 2.50. The van der Waals surface area contributed by atoms with Gasteiger partial charge in [0.25, 0.3) is 0 Å². The molecular formula is C9H14N4. The highest BCUT2D eigenvalue weighted by molar-refractivity contribution is 5.43. The molecule has 0 bridgehead atoms. The lowest BCUT2D eigenvalue weighted by atomic mass is 10.3. The minimum Gasteiger partial charge on any atom is -0.384 e. The summed E-state index contributed by atoms with van der Waals surface area (Å²) in [6.45, 7) is 4.87. The smallest absolute Gasteiger partial charge is 0.131 e. The van der Waals surface area contributed by atoms with Crippen molar-refractivity contribution in [3.63, 3.8) is 0 Å². The predicted octanol–water partition coefficient (Wildman–Crippen LogP) is 1.44. The molecule has 0 atom stereocenters. The van der Waals surface area contributed by atoms with E-state index in [1.807, 2.05) is 0 Å². The first-order chi connectivity index (χ1) is 6.18. The van der Waals surface area contributed by atoms with E-state index in [0.717, 1.165) is 12.4 Å². The third-order valence-electron chi connectivity index (χ3n) is 1.48. The Morgan fingerprint density at radius 3 is 2.92 bits per heavy atom. The summed E-state index contributed by atoms with van der Waals surface area (Å²) in [6.07, 6.45) is 3.53. The second-order valence-corrected chi connectivity index (χ2v) is 2.99. The van der Waals surface area contributed by atoms with Crippen LogP contribution in [0.25, 0.3) is 0 Å². The van der Waals surface area contributed by atoms with Crippen molar-refractivity contribution in [2.24, 2.45) is 0 Å². The van der Waals surface area contributed by atoms with E-state index in [4.69, 9.17) is 5.73 Å². The minimum atomic E-state index is 0.481. The minimum absolute atomic E-state index is 0.481. The van der Waals surface area contributed by atoms with Crippen LogP contribution in [0.5, 0.6) is 0 Å². The lowest BCUT2D eigenvalue weighted by Gasteiger charge is -2.02. The van der Waals surface area contributed by atoms with Gasteiger partial charge in [-0.25, -0.2) is 9.97 Å². The lowest BCUT2D eigenvalue weighted by molar-refractivity contribution is 1.14. The molecule has 0 spiro atoms. The van der Waals surface area contributed by atoms with Gasteiger partial charge in [0.15, 0.2) is 0 Å². The van der Waals surface area contributed by atoms with Crippen LogP contribution in [0.4, 0.5) is 11.6 Å². The topological polar surface area (TPSA) is 63.8 Å². The van der Waals surface area contributed by atoms with Gasteiger partial charge in [0.1, 0.15) is 18.0 Å². The summed E-state index contributed by atoms with van der Waals surface area (Å²) in [4.78, 5) is 7.80. The fourth-order valence-electron chi connectivity index (χ4n) is 0.829. The molecule has 0 aliphatic rings. The van der Waals surface area contributed by atoms with Crippen molar-refractivity contribution in [2.75, 3.05) is 17.6 Å². The Morgan fingerprint density at radius 2 is 2.31 bits per heavy atom. The molecule has 0 fully saturated rings. The number of hydrogen-bond donors (Lipinski definition) is 2. The number of nitrogens with zero attached hydrogens (tertiary/aromatic N) is 2. The van der Waals surface area contributed by atoms with Crippen molar-refractivity contribution in [1.29, 1.82) is 0 Å². The van der Waals surface area contributed by atoms with Crippen molar-refractivity contribution in [3.8, 4) is 0 Å². The second kappa shape index (κ2) is 4.45. The predicted molar refractivity (Wildman–Crippen MR) is 54.4 cm³/mol. The Kier molecular flexibility index (Phi) is 3.25. The van der Waals surface area contributed by atoms with Crippen LogP contribution in [0.15, 0.2) is 24.0 Å². The van der Waals surface area contributed by atoms with Crippen molar-refractivity contribution in [1.82, 2.24) is 9.97 Å². The Hall–Kier alpha value is -1.58. The van der Waals surface area contributed by atoms with Crippen LogP contribution < -0.4 is 11.1 Å². The molecule has 0 amide bonds. The number of rotatable bonds is 3.